The van der Waals surface area contributed by atoms with Crippen molar-refractivity contribution in [2.75, 3.05) is 54.0 Å². The minimum Gasteiger partial charge on any atom is -0.368 e. The number of rotatable bonds is 3. The van der Waals surface area contributed by atoms with Crippen molar-refractivity contribution in [2.24, 2.45) is 0 Å². The minimum atomic E-state index is -0.187. The van der Waals surface area contributed by atoms with E-state index in [0.717, 1.165) is 62.4 Å². The van der Waals surface area contributed by atoms with E-state index >= 15 is 0 Å². The number of hydrogen-bond donors (Lipinski definition) is 0. The maximum atomic E-state index is 13.1. The molecule has 2 saturated heterocycles. The van der Waals surface area contributed by atoms with Crippen molar-refractivity contribution in [2.45, 2.75) is 19.8 Å². The van der Waals surface area contributed by atoms with E-state index in [9.17, 15) is 4.39 Å². The van der Waals surface area contributed by atoms with Crippen molar-refractivity contribution in [3.8, 4) is 0 Å². The largest absolute Gasteiger partial charge is 0.368 e. The first-order valence-corrected chi connectivity index (χ1v) is 9.05. The van der Waals surface area contributed by atoms with E-state index in [4.69, 9.17) is 0 Å². The molecule has 0 atom stereocenters. The fourth-order valence-corrected chi connectivity index (χ4v) is 3.65. The Balaban J connectivity index is 1.46. The second-order valence-corrected chi connectivity index (χ2v) is 6.78. The third-order valence-corrected chi connectivity index (χ3v) is 5.04. The summed E-state index contributed by atoms with van der Waals surface area (Å²) in [4.78, 5) is 16.3. The lowest BCUT2D eigenvalue weighted by Gasteiger charge is -2.37. The zero-order valence-corrected chi connectivity index (χ0v) is 14.7. The van der Waals surface area contributed by atoms with Gasteiger partial charge in [0.05, 0.1) is 0 Å². The quantitative estimate of drug-likeness (QED) is 0.858. The molecule has 1 aromatic heterocycles. The van der Waals surface area contributed by atoms with Gasteiger partial charge in [0.25, 0.3) is 0 Å². The van der Waals surface area contributed by atoms with Crippen LogP contribution < -0.4 is 14.7 Å². The molecule has 2 fully saturated rings. The lowest BCUT2D eigenvalue weighted by Crippen LogP contribution is -2.47. The molecule has 4 rings (SSSR count). The number of aryl methyl sites for hydroxylation is 1. The third-order valence-electron chi connectivity index (χ3n) is 5.04. The van der Waals surface area contributed by atoms with Gasteiger partial charge < -0.3 is 14.7 Å². The lowest BCUT2D eigenvalue weighted by molar-refractivity contribution is 0.624. The standard InChI is InChI=1S/C19H24FN5/c1-15-21-18(24-8-2-3-9-24)14-19(22-15)25-12-10-23(11-13-25)17-6-4-16(20)5-7-17/h4-7,14H,2-3,8-13H2,1H3. The molecule has 6 heteroatoms. The van der Waals surface area contributed by atoms with Crippen LogP contribution in [0.5, 0.6) is 0 Å². The average molecular weight is 341 g/mol. The van der Waals surface area contributed by atoms with Gasteiger partial charge in [0.2, 0.25) is 0 Å². The van der Waals surface area contributed by atoms with Crippen LogP contribution >= 0.6 is 0 Å². The highest BCUT2D eigenvalue weighted by atomic mass is 19.1. The Kier molecular flexibility index (Phi) is 4.42. The molecule has 0 amide bonds. The first kappa shape index (κ1) is 16.1. The Labute approximate surface area is 148 Å². The molecule has 0 aliphatic carbocycles. The van der Waals surface area contributed by atoms with Crippen LogP contribution in [-0.4, -0.2) is 49.2 Å². The zero-order chi connectivity index (χ0) is 17.2. The van der Waals surface area contributed by atoms with Crippen LogP contribution in [-0.2, 0) is 0 Å². The molecule has 1 aromatic carbocycles. The van der Waals surface area contributed by atoms with E-state index in [1.807, 2.05) is 19.1 Å². The summed E-state index contributed by atoms with van der Waals surface area (Å²) in [5.41, 5.74) is 1.08. The van der Waals surface area contributed by atoms with Crippen LogP contribution in [0.4, 0.5) is 21.7 Å². The van der Waals surface area contributed by atoms with E-state index in [1.165, 1.54) is 25.0 Å². The SMILES string of the molecule is Cc1nc(N2CCCC2)cc(N2CCN(c3ccc(F)cc3)CC2)n1. The van der Waals surface area contributed by atoms with Crippen LogP contribution in [0.2, 0.25) is 0 Å². The highest BCUT2D eigenvalue weighted by Gasteiger charge is 2.21. The molecule has 0 bridgehead atoms. The number of halogens is 1. The van der Waals surface area contributed by atoms with Crippen molar-refractivity contribution in [1.82, 2.24) is 9.97 Å². The van der Waals surface area contributed by atoms with Gasteiger partial charge in [-0.25, -0.2) is 14.4 Å². The van der Waals surface area contributed by atoms with Gasteiger partial charge in [-0.3, -0.25) is 0 Å². The topological polar surface area (TPSA) is 35.5 Å². The smallest absolute Gasteiger partial charge is 0.134 e. The van der Waals surface area contributed by atoms with Gasteiger partial charge in [-0.05, 0) is 44.0 Å². The van der Waals surface area contributed by atoms with Gasteiger partial charge in [-0.1, -0.05) is 0 Å². The van der Waals surface area contributed by atoms with Crippen molar-refractivity contribution in [3.05, 3.63) is 42.0 Å². The van der Waals surface area contributed by atoms with Crippen molar-refractivity contribution < 1.29 is 4.39 Å². The molecule has 5 nitrogen and oxygen atoms in total. The van der Waals surface area contributed by atoms with E-state index in [2.05, 4.69) is 30.7 Å². The summed E-state index contributed by atoms with van der Waals surface area (Å²) in [5.74, 6) is 2.72. The van der Waals surface area contributed by atoms with E-state index in [1.54, 1.807) is 0 Å². The summed E-state index contributed by atoms with van der Waals surface area (Å²) in [6, 6.07) is 8.89. The van der Waals surface area contributed by atoms with Gasteiger partial charge in [0.15, 0.2) is 0 Å². The van der Waals surface area contributed by atoms with Crippen molar-refractivity contribution in [1.29, 1.82) is 0 Å². The Morgan fingerprint density at radius 3 is 1.88 bits per heavy atom. The van der Waals surface area contributed by atoms with Gasteiger partial charge in [-0.2, -0.15) is 0 Å². The molecule has 0 unspecified atom stereocenters. The molecule has 132 valence electrons. The molecule has 0 saturated carbocycles. The molecule has 0 spiro atoms. The summed E-state index contributed by atoms with van der Waals surface area (Å²) in [7, 11) is 0. The molecule has 2 aliphatic rings. The fourth-order valence-electron chi connectivity index (χ4n) is 3.65. The second-order valence-electron chi connectivity index (χ2n) is 6.78. The van der Waals surface area contributed by atoms with Gasteiger partial charge in [0, 0.05) is 51.0 Å². The Morgan fingerprint density at radius 2 is 1.28 bits per heavy atom. The van der Waals surface area contributed by atoms with Crippen LogP contribution in [0, 0.1) is 12.7 Å². The van der Waals surface area contributed by atoms with E-state index < -0.39 is 0 Å². The first-order chi connectivity index (χ1) is 12.2. The highest BCUT2D eigenvalue weighted by molar-refractivity contribution is 5.54. The van der Waals surface area contributed by atoms with Crippen LogP contribution in [0.15, 0.2) is 30.3 Å². The molecular formula is C19H24FN5. The first-order valence-electron chi connectivity index (χ1n) is 9.05. The molecule has 3 heterocycles. The normalized spacial score (nSPS) is 18.1. The summed E-state index contributed by atoms with van der Waals surface area (Å²) in [6.07, 6.45) is 2.49. The van der Waals surface area contributed by atoms with Crippen LogP contribution in [0.3, 0.4) is 0 Å². The van der Waals surface area contributed by atoms with E-state index in [0.29, 0.717) is 0 Å². The molecule has 2 aromatic rings. The molecule has 25 heavy (non-hydrogen) atoms. The monoisotopic (exact) mass is 341 g/mol. The third kappa shape index (κ3) is 3.52. The lowest BCUT2D eigenvalue weighted by atomic mass is 10.2. The number of nitrogens with zero attached hydrogens (tertiary/aromatic N) is 5. The van der Waals surface area contributed by atoms with Crippen molar-refractivity contribution in [3.63, 3.8) is 0 Å². The molecule has 0 N–H and O–H groups in total. The molecule has 0 radical (unpaired) electrons. The fraction of sp³-hybridized carbons (Fsp3) is 0.474. The van der Waals surface area contributed by atoms with Gasteiger partial charge >= 0.3 is 0 Å². The minimum absolute atomic E-state index is 0.187. The second kappa shape index (κ2) is 6.86. The van der Waals surface area contributed by atoms with Gasteiger partial charge in [-0.15, -0.1) is 0 Å². The number of aromatic nitrogens is 2. The maximum Gasteiger partial charge on any atom is 0.134 e. The number of hydrogen-bond acceptors (Lipinski definition) is 5. The van der Waals surface area contributed by atoms with Crippen LogP contribution in [0.25, 0.3) is 0 Å². The molecular weight excluding hydrogens is 317 g/mol. The average Bonchev–Trinajstić information content (AvgIpc) is 3.17. The van der Waals surface area contributed by atoms with E-state index in [-0.39, 0.29) is 5.82 Å². The summed E-state index contributed by atoms with van der Waals surface area (Å²) >= 11 is 0. The number of anilines is 3. The number of benzene rings is 1. The Bertz CT molecular complexity index is 719. The summed E-state index contributed by atoms with van der Waals surface area (Å²) < 4.78 is 13.1. The summed E-state index contributed by atoms with van der Waals surface area (Å²) in [6.45, 7) is 7.79. The Morgan fingerprint density at radius 1 is 0.760 bits per heavy atom. The summed E-state index contributed by atoms with van der Waals surface area (Å²) in [5, 5.41) is 0. The Hall–Kier alpha value is -2.37. The predicted octanol–water partition coefficient (Wildman–Crippen LogP) is 2.85. The maximum absolute atomic E-state index is 13.1. The zero-order valence-electron chi connectivity index (χ0n) is 14.7. The number of piperazine rings is 1. The highest BCUT2D eigenvalue weighted by Crippen LogP contribution is 2.24. The van der Waals surface area contributed by atoms with Gasteiger partial charge in [0.1, 0.15) is 23.3 Å². The van der Waals surface area contributed by atoms with Crippen LogP contribution in [0.1, 0.15) is 18.7 Å². The predicted molar refractivity (Wildman–Crippen MR) is 99.0 cm³/mol. The van der Waals surface area contributed by atoms with Crippen molar-refractivity contribution >= 4 is 17.3 Å². The molecule has 2 aliphatic heterocycles.